The molecular formula is C74H60N2O2. The molecule has 12 aromatic carbocycles. The molecule has 0 spiro atoms. The summed E-state index contributed by atoms with van der Waals surface area (Å²) in [5.74, 6) is 0. The molecule has 0 aliphatic carbocycles. The maximum Gasteiger partial charge on any atom is 0.159 e. The zero-order valence-corrected chi connectivity index (χ0v) is 45.5. The summed E-state index contributed by atoms with van der Waals surface area (Å²) in [6.45, 7) is 18.1. The second kappa shape index (κ2) is 17.7. The molecule has 0 amide bonds. The van der Waals surface area contributed by atoms with E-state index in [0.29, 0.717) is 0 Å². The van der Waals surface area contributed by atoms with Crippen molar-refractivity contribution >= 4 is 110 Å². The van der Waals surface area contributed by atoms with E-state index in [-0.39, 0.29) is 10.8 Å². The van der Waals surface area contributed by atoms with Crippen LogP contribution in [0.15, 0.2) is 227 Å². The molecule has 0 aliphatic heterocycles. The lowest BCUT2D eigenvalue weighted by atomic mass is 9.86. The van der Waals surface area contributed by atoms with Gasteiger partial charge in [-0.25, -0.2) is 0 Å². The Kier molecular flexibility index (Phi) is 10.8. The summed E-state index contributed by atoms with van der Waals surface area (Å²) in [6, 6.07) is 80.2. The van der Waals surface area contributed by atoms with Crippen LogP contribution in [0.25, 0.3) is 98.4 Å². The highest BCUT2D eigenvalue weighted by molar-refractivity contribution is 6.29. The van der Waals surface area contributed by atoms with Crippen molar-refractivity contribution in [3.8, 4) is 22.3 Å². The van der Waals surface area contributed by atoms with Crippen LogP contribution in [0.3, 0.4) is 0 Å². The van der Waals surface area contributed by atoms with E-state index in [4.69, 9.17) is 8.83 Å². The summed E-state index contributed by atoms with van der Waals surface area (Å²) >= 11 is 0. The maximum atomic E-state index is 7.26. The smallest absolute Gasteiger partial charge is 0.159 e. The minimum Gasteiger partial charge on any atom is -0.453 e. The van der Waals surface area contributed by atoms with Gasteiger partial charge in [0.2, 0.25) is 0 Å². The molecule has 378 valence electrons. The lowest BCUT2D eigenvalue weighted by Gasteiger charge is -2.30. The molecule has 14 aromatic rings. The second-order valence-corrected chi connectivity index (χ2v) is 23.4. The van der Waals surface area contributed by atoms with Gasteiger partial charge in [0.1, 0.15) is 11.2 Å². The highest BCUT2D eigenvalue weighted by Crippen LogP contribution is 2.52. The molecule has 0 atom stereocenters. The average Bonchev–Trinajstić information content (AvgIpc) is 4.06. The van der Waals surface area contributed by atoms with Crippen LogP contribution in [0.2, 0.25) is 0 Å². The van der Waals surface area contributed by atoms with E-state index in [1.807, 2.05) is 0 Å². The monoisotopic (exact) mass is 1010 g/mol. The molecule has 0 saturated heterocycles. The Bertz CT molecular complexity index is 4390. The topological polar surface area (TPSA) is 32.8 Å². The van der Waals surface area contributed by atoms with Crippen molar-refractivity contribution < 1.29 is 8.83 Å². The molecule has 0 saturated carbocycles. The van der Waals surface area contributed by atoms with E-state index < -0.39 is 0 Å². The lowest BCUT2D eigenvalue weighted by Crippen LogP contribution is -2.15. The largest absolute Gasteiger partial charge is 0.453 e. The molecule has 4 heteroatoms. The van der Waals surface area contributed by atoms with Crippen LogP contribution in [-0.2, 0) is 10.8 Å². The molecule has 0 bridgehead atoms. The average molecular weight is 1010 g/mol. The quantitative estimate of drug-likeness (QED) is 0.142. The molecule has 4 nitrogen and oxygen atoms in total. The predicted octanol–water partition coefficient (Wildman–Crippen LogP) is 21.9. The van der Waals surface area contributed by atoms with Crippen LogP contribution in [0, 0.1) is 13.8 Å². The third-order valence-electron chi connectivity index (χ3n) is 16.4. The first-order valence-corrected chi connectivity index (χ1v) is 27.3. The van der Waals surface area contributed by atoms with E-state index >= 15 is 0 Å². The van der Waals surface area contributed by atoms with Gasteiger partial charge in [0.05, 0.1) is 22.7 Å². The van der Waals surface area contributed by atoms with Crippen LogP contribution in [0.4, 0.5) is 34.1 Å². The number of aryl methyl sites for hydroxylation is 2. The van der Waals surface area contributed by atoms with Gasteiger partial charge in [-0.05, 0) is 128 Å². The molecule has 0 unspecified atom stereocenters. The van der Waals surface area contributed by atoms with E-state index in [1.165, 1.54) is 54.9 Å². The first-order chi connectivity index (χ1) is 37.8. The molecule has 0 radical (unpaired) electrons. The number of para-hydroxylation sites is 4. The summed E-state index contributed by atoms with van der Waals surface area (Å²) in [5, 5.41) is 11.5. The Morgan fingerprint density at radius 3 is 1.06 bits per heavy atom. The molecule has 2 heterocycles. The molecule has 0 aliphatic rings. The number of hydrogen-bond acceptors (Lipinski definition) is 4. The van der Waals surface area contributed by atoms with E-state index in [9.17, 15) is 0 Å². The standard InChI is InChI=1S/C74H60N2O2/c1-45-19-9-11-25-53(45)55-27-15-29-57-59-31-17-33-65(71(59)77-69(55)57)75(51-23-13-21-49(43-51)73(3,4)5)63-41-37-47-36-40-62-64(42-38-48-35-39-61(63)67(47)68(48)62)76(52-24-14-22-50(44-52)74(6,7)8)66-34-18-32-60-58-30-16-28-56(70(58)78-72(60)66)54-26-12-10-20-46(54)2/h9-44H,1-8H3. The van der Waals surface area contributed by atoms with Gasteiger partial charge in [0.15, 0.2) is 11.2 Å². The van der Waals surface area contributed by atoms with Crippen LogP contribution < -0.4 is 9.80 Å². The summed E-state index contributed by atoms with van der Waals surface area (Å²) in [4.78, 5) is 4.88. The van der Waals surface area contributed by atoms with Crippen LogP contribution in [0.5, 0.6) is 0 Å². The lowest BCUT2D eigenvalue weighted by molar-refractivity contribution is 0.590. The molecule has 78 heavy (non-hydrogen) atoms. The van der Waals surface area contributed by atoms with Crippen molar-refractivity contribution in [1.82, 2.24) is 0 Å². The highest BCUT2D eigenvalue weighted by Gasteiger charge is 2.28. The SMILES string of the molecule is Cc1ccccc1-c1cccc2c1oc1c(N(c3cccc(C(C)(C)C)c3)c3ccc4ccc5c(N(c6cccc(C(C)(C)C)c6)c6cccc7c6oc6c(-c8ccccc8C)cccc67)ccc6ccc3c4c65)cccc12. The summed E-state index contributed by atoms with van der Waals surface area (Å²) < 4.78 is 14.5. The number of nitrogens with zero attached hydrogens (tertiary/aromatic N) is 2. The van der Waals surface area contributed by atoms with Gasteiger partial charge in [0.25, 0.3) is 0 Å². The summed E-state index contributed by atoms with van der Waals surface area (Å²) in [7, 11) is 0. The molecule has 2 aromatic heterocycles. The fraction of sp³-hybridized carbons (Fsp3) is 0.135. The molecule has 0 fully saturated rings. The van der Waals surface area contributed by atoms with Crippen LogP contribution in [-0.4, -0.2) is 0 Å². The second-order valence-electron chi connectivity index (χ2n) is 23.4. The Morgan fingerprint density at radius 2 is 0.654 bits per heavy atom. The molecule has 14 rings (SSSR count). The predicted molar refractivity (Wildman–Crippen MR) is 332 cm³/mol. The summed E-state index contributed by atoms with van der Waals surface area (Å²) in [5.41, 5.74) is 19.0. The number of anilines is 6. The van der Waals surface area contributed by atoms with Gasteiger partial charge in [0, 0.05) is 54.8 Å². The number of benzene rings is 12. The normalized spacial score (nSPS) is 12.4. The Morgan fingerprint density at radius 1 is 0.295 bits per heavy atom. The van der Waals surface area contributed by atoms with Crippen molar-refractivity contribution in [3.63, 3.8) is 0 Å². The fourth-order valence-corrected chi connectivity index (χ4v) is 12.3. The van der Waals surface area contributed by atoms with Gasteiger partial charge < -0.3 is 18.6 Å². The minimum absolute atomic E-state index is 0.0806. The van der Waals surface area contributed by atoms with E-state index in [1.54, 1.807) is 0 Å². The van der Waals surface area contributed by atoms with Gasteiger partial charge in [-0.3, -0.25) is 0 Å². The number of hydrogen-bond donors (Lipinski definition) is 0. The van der Waals surface area contributed by atoms with Crippen molar-refractivity contribution in [1.29, 1.82) is 0 Å². The Hall–Kier alpha value is -9.12. The van der Waals surface area contributed by atoms with Crippen molar-refractivity contribution in [3.05, 3.63) is 241 Å². The number of fused-ring (bicyclic) bond motifs is 6. The minimum atomic E-state index is -0.0806. The van der Waals surface area contributed by atoms with Gasteiger partial charge in [-0.15, -0.1) is 0 Å². The van der Waals surface area contributed by atoms with Gasteiger partial charge in [-0.2, -0.15) is 0 Å². The van der Waals surface area contributed by atoms with E-state index in [2.05, 4.69) is 284 Å². The number of rotatable bonds is 8. The van der Waals surface area contributed by atoms with Crippen molar-refractivity contribution in [2.24, 2.45) is 0 Å². The zero-order valence-electron chi connectivity index (χ0n) is 45.5. The fourth-order valence-electron chi connectivity index (χ4n) is 12.3. The van der Waals surface area contributed by atoms with Gasteiger partial charge in [-0.1, -0.05) is 211 Å². The summed E-state index contributed by atoms with van der Waals surface area (Å²) in [6.07, 6.45) is 0. The first kappa shape index (κ1) is 47.3. The van der Waals surface area contributed by atoms with Crippen LogP contribution in [0.1, 0.15) is 63.8 Å². The zero-order chi connectivity index (χ0) is 53.2. The van der Waals surface area contributed by atoms with Crippen molar-refractivity contribution in [2.45, 2.75) is 66.2 Å². The third kappa shape index (κ3) is 7.49. The number of furan rings is 2. The Labute approximate surface area is 455 Å². The Balaban J connectivity index is 1.02. The first-order valence-electron chi connectivity index (χ1n) is 27.3. The van der Waals surface area contributed by atoms with Crippen LogP contribution >= 0.6 is 0 Å². The highest BCUT2D eigenvalue weighted by atomic mass is 16.3. The van der Waals surface area contributed by atoms with Crippen molar-refractivity contribution in [2.75, 3.05) is 9.80 Å². The maximum absolute atomic E-state index is 7.26. The molecular weight excluding hydrogens is 949 g/mol. The van der Waals surface area contributed by atoms with E-state index in [0.717, 1.165) is 99.9 Å². The van der Waals surface area contributed by atoms with Gasteiger partial charge >= 0.3 is 0 Å². The molecule has 0 N–H and O–H groups in total. The third-order valence-corrected chi connectivity index (χ3v) is 16.4.